The monoisotopic (exact) mass is 782 g/mol. The maximum absolute atomic E-state index is 12.7. The number of phenolic OH excluding ortho intramolecular Hbond substituents is 6. The number of amides is 2. The number of hydrogen-bond acceptors (Lipinski definition) is 10. The number of nitrogens with zero attached hydrogens (tertiary/aromatic N) is 2. The predicted molar refractivity (Wildman–Crippen MR) is 226 cm³/mol. The van der Waals surface area contributed by atoms with Crippen LogP contribution in [-0.2, 0) is 22.4 Å². The third-order valence-corrected chi connectivity index (χ3v) is 10.2. The number of aryl methyl sites for hydroxylation is 2. The number of rotatable bonds is 11. The van der Waals surface area contributed by atoms with Crippen LogP contribution in [0.4, 0.5) is 0 Å². The van der Waals surface area contributed by atoms with Crippen molar-refractivity contribution < 1.29 is 40.2 Å². The summed E-state index contributed by atoms with van der Waals surface area (Å²) in [6.07, 6.45) is 2.37. The van der Waals surface area contributed by atoms with Gasteiger partial charge in [-0.2, -0.15) is 10.2 Å². The molecule has 0 aromatic heterocycles. The average Bonchev–Trinajstić information content (AvgIpc) is 3.16. The van der Waals surface area contributed by atoms with E-state index in [1.165, 1.54) is 0 Å². The van der Waals surface area contributed by atoms with Crippen molar-refractivity contribution in [3.8, 4) is 45.6 Å². The van der Waals surface area contributed by atoms with E-state index in [9.17, 15) is 40.2 Å². The molecule has 6 aromatic rings. The minimum atomic E-state index is -0.573. The van der Waals surface area contributed by atoms with E-state index in [1.807, 2.05) is 64.1 Å². The highest BCUT2D eigenvalue weighted by molar-refractivity contribution is 6.15. The Bertz CT molecular complexity index is 2450. The molecule has 0 fully saturated rings. The van der Waals surface area contributed by atoms with Crippen LogP contribution in [0.25, 0.3) is 32.7 Å². The van der Waals surface area contributed by atoms with Crippen molar-refractivity contribution in [1.82, 2.24) is 10.9 Å². The Morgan fingerprint density at radius 1 is 0.552 bits per heavy atom. The molecule has 0 aliphatic rings. The Kier molecular flexibility index (Phi) is 11.6. The van der Waals surface area contributed by atoms with Gasteiger partial charge in [-0.05, 0) is 58.7 Å². The molecule has 0 aliphatic heterocycles. The summed E-state index contributed by atoms with van der Waals surface area (Å²) in [4.78, 5) is 25.5. The van der Waals surface area contributed by atoms with E-state index >= 15 is 0 Å². The molecule has 0 heterocycles. The normalized spacial score (nSPS) is 11.8. The average molecular weight is 783 g/mol. The van der Waals surface area contributed by atoms with Gasteiger partial charge in [-0.1, -0.05) is 100 Å². The zero-order valence-electron chi connectivity index (χ0n) is 33.0. The molecule has 0 spiro atoms. The lowest BCUT2D eigenvalue weighted by atomic mass is 9.83. The van der Waals surface area contributed by atoms with E-state index in [0.29, 0.717) is 33.0 Å². The minimum absolute atomic E-state index is 0.0379. The van der Waals surface area contributed by atoms with Gasteiger partial charge in [0.1, 0.15) is 11.5 Å². The summed E-state index contributed by atoms with van der Waals surface area (Å²) in [5.74, 6) is -4.19. The maximum atomic E-state index is 12.7. The summed E-state index contributed by atoms with van der Waals surface area (Å²) in [6, 6.07) is 21.6. The van der Waals surface area contributed by atoms with Gasteiger partial charge in [0, 0.05) is 33.0 Å². The van der Waals surface area contributed by atoms with Crippen molar-refractivity contribution in [2.45, 2.75) is 66.2 Å². The number of fused-ring (bicyclic) bond motifs is 2. The first kappa shape index (κ1) is 40.6. The van der Waals surface area contributed by atoms with Crippen molar-refractivity contribution in [2.75, 3.05) is 0 Å². The van der Waals surface area contributed by atoms with Gasteiger partial charge in [-0.3, -0.25) is 9.59 Å². The van der Waals surface area contributed by atoms with E-state index in [2.05, 4.69) is 21.1 Å². The second-order valence-corrected chi connectivity index (χ2v) is 14.9. The van der Waals surface area contributed by atoms with Crippen LogP contribution in [0.1, 0.15) is 84.0 Å². The second-order valence-electron chi connectivity index (χ2n) is 14.9. The lowest BCUT2D eigenvalue weighted by Crippen LogP contribution is -2.19. The molecule has 0 bridgehead atoms. The van der Waals surface area contributed by atoms with Gasteiger partial charge in [0.15, 0.2) is 23.0 Å². The topological polar surface area (TPSA) is 204 Å². The molecule has 6 rings (SSSR count). The molecule has 12 nitrogen and oxygen atoms in total. The van der Waals surface area contributed by atoms with Crippen LogP contribution < -0.4 is 10.9 Å². The summed E-state index contributed by atoms with van der Waals surface area (Å²) >= 11 is 0. The quantitative estimate of drug-likeness (QED) is 0.0365. The summed E-state index contributed by atoms with van der Waals surface area (Å²) < 4.78 is 0. The number of aromatic hydroxyl groups is 6. The van der Waals surface area contributed by atoms with Gasteiger partial charge in [-0.15, -0.1) is 0 Å². The fraction of sp³-hybridized carbons (Fsp3) is 0.217. The van der Waals surface area contributed by atoms with E-state index in [0.717, 1.165) is 23.6 Å². The number of phenols is 6. The van der Waals surface area contributed by atoms with Gasteiger partial charge < -0.3 is 30.6 Å². The predicted octanol–water partition coefficient (Wildman–Crippen LogP) is 8.14. The number of hydrazone groups is 2. The molecule has 58 heavy (non-hydrogen) atoms. The number of carbonyl (C=O) groups is 2. The summed E-state index contributed by atoms with van der Waals surface area (Å²) in [5.41, 5.74) is 8.28. The number of carbonyl (C=O) groups excluding carboxylic acids is 2. The first-order chi connectivity index (χ1) is 27.6. The van der Waals surface area contributed by atoms with Crippen LogP contribution in [0.3, 0.4) is 0 Å². The first-order valence-corrected chi connectivity index (χ1v) is 18.8. The molecule has 0 radical (unpaired) electrons. The standard InChI is InChI=1S/C46H46N4O8/c1-23(2)35-29-17-25(5)37(43(55)39(29)31(41(53)45(35)57)21-47-49-33(51)19-27-13-9-7-10-14-27)38-26(6)18-30-36(24(3)4)46(58)42(54)32(40(30)44(38)56)22-48-50-34(52)20-28-15-11-8-12-16-28/h7-18,21-24,53-58H,19-20H2,1-6H3,(H,49,51)(H,50,52). The van der Waals surface area contributed by atoms with Gasteiger partial charge in [0.25, 0.3) is 0 Å². The number of hydrogen-bond donors (Lipinski definition) is 8. The molecular weight excluding hydrogens is 737 g/mol. The van der Waals surface area contributed by atoms with Crippen molar-refractivity contribution in [1.29, 1.82) is 0 Å². The molecule has 6 aromatic carbocycles. The smallest absolute Gasteiger partial charge is 0.244 e. The fourth-order valence-electron chi connectivity index (χ4n) is 7.60. The number of benzene rings is 6. The molecule has 2 amide bonds. The molecule has 0 aliphatic carbocycles. The van der Waals surface area contributed by atoms with E-state index < -0.39 is 34.8 Å². The fourth-order valence-corrected chi connectivity index (χ4v) is 7.60. The highest BCUT2D eigenvalue weighted by atomic mass is 16.3. The van der Waals surface area contributed by atoms with Crippen LogP contribution in [0.5, 0.6) is 34.5 Å². The van der Waals surface area contributed by atoms with E-state index in [1.54, 1.807) is 50.2 Å². The third-order valence-electron chi connectivity index (χ3n) is 10.2. The molecule has 0 unspecified atom stereocenters. The Morgan fingerprint density at radius 2 is 0.897 bits per heavy atom. The molecule has 0 saturated carbocycles. The molecule has 0 saturated heterocycles. The SMILES string of the molecule is Cc1cc2c(C(C)C)c(O)c(O)c(C=NNC(=O)Cc3ccccc3)c2c(O)c1-c1c(C)cc2c(C(C)C)c(O)c(O)c(C=NNC(=O)Cc3ccccc3)c2c1O. The number of nitrogens with one attached hydrogen (secondary N) is 2. The van der Waals surface area contributed by atoms with Crippen LogP contribution >= 0.6 is 0 Å². The van der Waals surface area contributed by atoms with Crippen LogP contribution in [-0.4, -0.2) is 54.9 Å². The van der Waals surface area contributed by atoms with Gasteiger partial charge in [-0.25, -0.2) is 10.9 Å². The second kappa shape index (κ2) is 16.6. The first-order valence-electron chi connectivity index (χ1n) is 18.8. The Hall–Kier alpha value is -7.08. The van der Waals surface area contributed by atoms with Gasteiger partial charge in [0.05, 0.1) is 36.4 Å². The Labute approximate surface area is 335 Å². The van der Waals surface area contributed by atoms with Crippen LogP contribution in [0.2, 0.25) is 0 Å². The van der Waals surface area contributed by atoms with Crippen LogP contribution in [0.15, 0.2) is 83.0 Å². The van der Waals surface area contributed by atoms with Crippen molar-refractivity contribution >= 4 is 45.8 Å². The Balaban J connectivity index is 1.55. The highest BCUT2D eigenvalue weighted by Gasteiger charge is 2.29. The third kappa shape index (κ3) is 7.68. The lowest BCUT2D eigenvalue weighted by molar-refractivity contribution is -0.121. The van der Waals surface area contributed by atoms with Crippen LogP contribution in [0, 0.1) is 13.8 Å². The summed E-state index contributed by atoms with van der Waals surface area (Å²) in [7, 11) is 0. The van der Waals surface area contributed by atoms with E-state index in [4.69, 9.17) is 0 Å². The molecular formula is C46H46N4O8. The van der Waals surface area contributed by atoms with Gasteiger partial charge in [0.2, 0.25) is 11.8 Å². The van der Waals surface area contributed by atoms with E-state index in [-0.39, 0.29) is 69.2 Å². The molecule has 0 atom stereocenters. The Morgan fingerprint density at radius 3 is 1.22 bits per heavy atom. The maximum Gasteiger partial charge on any atom is 0.244 e. The minimum Gasteiger partial charge on any atom is -0.507 e. The summed E-state index contributed by atoms with van der Waals surface area (Å²) in [5, 5.41) is 79.1. The molecule has 8 N–H and O–H groups in total. The van der Waals surface area contributed by atoms with Crippen molar-refractivity contribution in [3.63, 3.8) is 0 Å². The van der Waals surface area contributed by atoms with Gasteiger partial charge >= 0.3 is 0 Å². The van der Waals surface area contributed by atoms with Crippen molar-refractivity contribution in [3.05, 3.63) is 117 Å². The molecule has 12 heteroatoms. The zero-order chi connectivity index (χ0) is 42.0. The highest BCUT2D eigenvalue weighted by Crippen LogP contribution is 2.54. The zero-order valence-corrected chi connectivity index (χ0v) is 33.0. The molecule has 298 valence electrons. The van der Waals surface area contributed by atoms with Crippen molar-refractivity contribution in [2.24, 2.45) is 10.2 Å². The lowest BCUT2D eigenvalue weighted by Gasteiger charge is -2.23. The largest absolute Gasteiger partial charge is 0.507 e. The summed E-state index contributed by atoms with van der Waals surface area (Å²) in [6.45, 7) is 10.8.